The number of carbonyl (C=O) groups excluding carboxylic acids is 1. The van der Waals surface area contributed by atoms with E-state index < -0.39 is 11.6 Å². The lowest BCUT2D eigenvalue weighted by Crippen LogP contribution is -2.24. The molecule has 0 heterocycles. The topological polar surface area (TPSA) is 55.1 Å². The number of unbranched alkanes of at least 4 members (excludes halogenated alkanes) is 1. The van der Waals surface area contributed by atoms with Crippen LogP contribution in [0.4, 0.5) is 8.78 Å². The van der Waals surface area contributed by atoms with Gasteiger partial charge >= 0.3 is 0 Å². The van der Waals surface area contributed by atoms with E-state index in [0.29, 0.717) is 37.9 Å². The van der Waals surface area contributed by atoms with Gasteiger partial charge in [0.15, 0.2) is 0 Å². The van der Waals surface area contributed by atoms with Gasteiger partial charge in [0.25, 0.3) is 0 Å². The first-order valence-corrected chi connectivity index (χ1v) is 6.54. The minimum atomic E-state index is -0.456. The first kappa shape index (κ1) is 15.6. The normalized spacial score (nSPS) is 10.5. The molecule has 1 aromatic rings. The molecule has 0 aliphatic rings. The number of hydrogen-bond acceptors (Lipinski definition) is 2. The largest absolute Gasteiger partial charge is 0.356 e. The highest BCUT2D eigenvalue weighted by Crippen LogP contribution is 2.12. The molecule has 0 saturated carbocycles. The molecule has 3 N–H and O–H groups in total. The predicted molar refractivity (Wildman–Crippen MR) is 70.6 cm³/mol. The Kier molecular flexibility index (Phi) is 7.03. The molecule has 0 bridgehead atoms. The van der Waals surface area contributed by atoms with Crippen LogP contribution in [-0.2, 0) is 11.2 Å². The van der Waals surface area contributed by atoms with E-state index in [2.05, 4.69) is 5.32 Å². The van der Waals surface area contributed by atoms with Crippen molar-refractivity contribution in [2.45, 2.75) is 32.1 Å². The fourth-order valence-electron chi connectivity index (χ4n) is 1.76. The molecule has 0 atom stereocenters. The van der Waals surface area contributed by atoms with E-state index in [4.69, 9.17) is 5.73 Å². The fourth-order valence-corrected chi connectivity index (χ4v) is 1.76. The van der Waals surface area contributed by atoms with E-state index >= 15 is 0 Å². The molecule has 1 amide bonds. The highest BCUT2D eigenvalue weighted by Gasteiger charge is 2.05. The van der Waals surface area contributed by atoms with E-state index in [9.17, 15) is 13.6 Å². The van der Waals surface area contributed by atoms with Crippen LogP contribution in [-0.4, -0.2) is 19.0 Å². The Hall–Kier alpha value is -1.49. The van der Waals surface area contributed by atoms with Gasteiger partial charge in [-0.3, -0.25) is 4.79 Å². The summed E-state index contributed by atoms with van der Waals surface area (Å²) in [5.41, 5.74) is 5.65. The zero-order valence-corrected chi connectivity index (χ0v) is 10.9. The Bertz CT molecular complexity index is 410. The summed E-state index contributed by atoms with van der Waals surface area (Å²) < 4.78 is 26.2. The summed E-state index contributed by atoms with van der Waals surface area (Å²) >= 11 is 0. The SMILES string of the molecule is NCCCCNC(=O)CCCc1cc(F)ccc1F. The van der Waals surface area contributed by atoms with E-state index in [1.165, 1.54) is 6.07 Å². The van der Waals surface area contributed by atoms with Gasteiger partial charge in [-0.2, -0.15) is 0 Å². The maximum Gasteiger partial charge on any atom is 0.220 e. The lowest BCUT2D eigenvalue weighted by Gasteiger charge is -2.05. The van der Waals surface area contributed by atoms with Gasteiger partial charge in [0.1, 0.15) is 11.6 Å². The number of aryl methyl sites for hydroxylation is 1. The average molecular weight is 270 g/mol. The molecule has 0 saturated heterocycles. The number of nitrogens with two attached hydrogens (primary N) is 1. The van der Waals surface area contributed by atoms with Crippen LogP contribution in [0.25, 0.3) is 0 Å². The second kappa shape index (κ2) is 8.58. The van der Waals surface area contributed by atoms with Gasteiger partial charge in [-0.25, -0.2) is 8.78 Å². The minimum Gasteiger partial charge on any atom is -0.356 e. The van der Waals surface area contributed by atoms with E-state index in [1.807, 2.05) is 0 Å². The maximum atomic E-state index is 13.3. The Morgan fingerprint density at radius 2 is 2.00 bits per heavy atom. The number of hydrogen-bond donors (Lipinski definition) is 2. The zero-order valence-electron chi connectivity index (χ0n) is 10.9. The van der Waals surface area contributed by atoms with E-state index in [1.54, 1.807) is 0 Å². The third-order valence-corrected chi connectivity index (χ3v) is 2.81. The molecular formula is C14H20F2N2O. The van der Waals surface area contributed by atoms with Gasteiger partial charge in [-0.1, -0.05) is 0 Å². The van der Waals surface area contributed by atoms with Gasteiger partial charge in [0, 0.05) is 13.0 Å². The predicted octanol–water partition coefficient (Wildman–Crippen LogP) is 2.14. The highest BCUT2D eigenvalue weighted by molar-refractivity contribution is 5.75. The molecule has 0 aliphatic carbocycles. The van der Waals surface area contributed by atoms with Crippen molar-refractivity contribution in [2.75, 3.05) is 13.1 Å². The Morgan fingerprint density at radius 1 is 1.21 bits per heavy atom. The van der Waals surface area contributed by atoms with Crippen LogP contribution in [0.1, 0.15) is 31.2 Å². The molecule has 0 spiro atoms. The second-order valence-corrected chi connectivity index (χ2v) is 4.44. The van der Waals surface area contributed by atoms with Crippen molar-refractivity contribution in [1.82, 2.24) is 5.32 Å². The molecule has 1 rings (SSSR count). The van der Waals surface area contributed by atoms with Gasteiger partial charge in [0.2, 0.25) is 5.91 Å². The monoisotopic (exact) mass is 270 g/mol. The van der Waals surface area contributed by atoms with Crippen LogP contribution in [0.2, 0.25) is 0 Å². The molecule has 5 heteroatoms. The Labute approximate surface area is 112 Å². The summed E-state index contributed by atoms with van der Waals surface area (Å²) in [6, 6.07) is 3.37. The van der Waals surface area contributed by atoms with Crippen LogP contribution >= 0.6 is 0 Å². The van der Waals surface area contributed by atoms with Gasteiger partial charge in [-0.05, 0) is 56.0 Å². The van der Waals surface area contributed by atoms with Crippen molar-refractivity contribution < 1.29 is 13.6 Å². The average Bonchev–Trinajstić information content (AvgIpc) is 2.39. The first-order chi connectivity index (χ1) is 9.13. The number of nitrogens with one attached hydrogen (secondary N) is 1. The summed E-state index contributed by atoms with van der Waals surface area (Å²) in [6.45, 7) is 1.24. The van der Waals surface area contributed by atoms with Crippen molar-refractivity contribution >= 4 is 5.91 Å². The van der Waals surface area contributed by atoms with Crippen molar-refractivity contribution in [3.63, 3.8) is 0 Å². The second-order valence-electron chi connectivity index (χ2n) is 4.44. The number of benzene rings is 1. The lowest BCUT2D eigenvalue weighted by atomic mass is 10.1. The van der Waals surface area contributed by atoms with Crippen molar-refractivity contribution in [3.05, 3.63) is 35.4 Å². The molecule has 0 aliphatic heterocycles. The molecule has 0 radical (unpaired) electrons. The Balaban J connectivity index is 2.22. The van der Waals surface area contributed by atoms with Crippen LogP contribution in [0.15, 0.2) is 18.2 Å². The van der Waals surface area contributed by atoms with Gasteiger partial charge in [0.05, 0.1) is 0 Å². The third-order valence-electron chi connectivity index (χ3n) is 2.81. The van der Waals surface area contributed by atoms with Crippen molar-refractivity contribution in [1.29, 1.82) is 0 Å². The molecule has 19 heavy (non-hydrogen) atoms. The summed E-state index contributed by atoms with van der Waals surface area (Å²) in [5.74, 6) is -0.943. The molecular weight excluding hydrogens is 250 g/mol. The molecule has 1 aromatic carbocycles. The summed E-state index contributed by atoms with van der Waals surface area (Å²) in [5, 5.41) is 2.77. The maximum absolute atomic E-state index is 13.3. The molecule has 106 valence electrons. The van der Waals surface area contributed by atoms with Crippen molar-refractivity contribution in [3.8, 4) is 0 Å². The van der Waals surface area contributed by atoms with Gasteiger partial charge < -0.3 is 11.1 Å². The van der Waals surface area contributed by atoms with Crippen LogP contribution in [0.5, 0.6) is 0 Å². The zero-order chi connectivity index (χ0) is 14.1. The van der Waals surface area contributed by atoms with E-state index in [-0.39, 0.29) is 5.91 Å². The van der Waals surface area contributed by atoms with E-state index in [0.717, 1.165) is 25.0 Å². The van der Waals surface area contributed by atoms with Crippen LogP contribution < -0.4 is 11.1 Å². The number of rotatable bonds is 8. The smallest absolute Gasteiger partial charge is 0.220 e. The molecule has 3 nitrogen and oxygen atoms in total. The lowest BCUT2D eigenvalue weighted by molar-refractivity contribution is -0.121. The van der Waals surface area contributed by atoms with Crippen LogP contribution in [0.3, 0.4) is 0 Å². The quantitative estimate of drug-likeness (QED) is 0.711. The molecule has 0 fully saturated rings. The van der Waals surface area contributed by atoms with Crippen LogP contribution in [0, 0.1) is 11.6 Å². The minimum absolute atomic E-state index is 0.0613. The van der Waals surface area contributed by atoms with Crippen molar-refractivity contribution in [2.24, 2.45) is 5.73 Å². The number of carbonyl (C=O) groups is 1. The Morgan fingerprint density at radius 3 is 2.74 bits per heavy atom. The molecule has 0 aromatic heterocycles. The number of halogens is 2. The molecule has 0 unspecified atom stereocenters. The highest BCUT2D eigenvalue weighted by atomic mass is 19.1. The summed E-state index contributed by atoms with van der Waals surface area (Å²) in [7, 11) is 0. The number of amides is 1. The first-order valence-electron chi connectivity index (χ1n) is 6.54. The standard InChI is InChI=1S/C14H20F2N2O/c15-12-6-7-13(16)11(10-12)4-3-5-14(19)18-9-2-1-8-17/h6-7,10H,1-5,8-9,17H2,(H,18,19). The summed E-state index contributed by atoms with van der Waals surface area (Å²) in [6.07, 6.45) is 2.93. The third kappa shape index (κ3) is 6.29. The van der Waals surface area contributed by atoms with Gasteiger partial charge in [-0.15, -0.1) is 0 Å². The fraction of sp³-hybridized carbons (Fsp3) is 0.500. The summed E-state index contributed by atoms with van der Waals surface area (Å²) in [4.78, 5) is 11.4.